The standard InChI is InChI=1S/C23H26FN5O3S/c1-3-10-28-11-4-5-18(28)14-26-23(30)21-13-19(33(25,31)32)12-20-15(2)27-29(22(20)21)17-8-6-16(24)7-9-17/h3,6-9,12-13,18H,1,4-5,10-11,14H2,2H3,(H,26,30)(H2,25,31,32). The van der Waals surface area contributed by atoms with Crippen molar-refractivity contribution in [2.45, 2.75) is 30.7 Å². The van der Waals surface area contributed by atoms with Crippen LogP contribution in [-0.2, 0) is 10.0 Å². The average molecular weight is 472 g/mol. The van der Waals surface area contributed by atoms with Gasteiger partial charge in [-0.2, -0.15) is 5.10 Å². The predicted molar refractivity (Wildman–Crippen MR) is 124 cm³/mol. The van der Waals surface area contributed by atoms with E-state index in [4.69, 9.17) is 5.14 Å². The molecule has 2 heterocycles. The zero-order chi connectivity index (χ0) is 23.8. The van der Waals surface area contributed by atoms with Crippen LogP contribution in [0.15, 0.2) is 53.9 Å². The molecule has 1 atom stereocenters. The van der Waals surface area contributed by atoms with Crippen molar-refractivity contribution in [3.8, 4) is 5.69 Å². The van der Waals surface area contributed by atoms with Gasteiger partial charge in [-0.25, -0.2) is 22.6 Å². The molecule has 33 heavy (non-hydrogen) atoms. The molecule has 3 aromatic rings. The second kappa shape index (κ2) is 9.05. The summed E-state index contributed by atoms with van der Waals surface area (Å²) in [6.07, 6.45) is 3.83. The Morgan fingerprint density at radius 3 is 2.73 bits per heavy atom. The number of nitrogens with two attached hydrogens (primary N) is 1. The first-order chi connectivity index (χ1) is 15.7. The number of benzene rings is 2. The molecule has 1 aliphatic heterocycles. The Balaban J connectivity index is 1.78. The van der Waals surface area contributed by atoms with Crippen LogP contribution in [0.4, 0.5) is 4.39 Å². The molecule has 4 rings (SSSR count). The third-order valence-corrected chi connectivity index (χ3v) is 6.83. The minimum absolute atomic E-state index is 0.134. The highest BCUT2D eigenvalue weighted by atomic mass is 32.2. The van der Waals surface area contributed by atoms with Crippen LogP contribution in [0.25, 0.3) is 16.6 Å². The van der Waals surface area contributed by atoms with Gasteiger partial charge in [0.25, 0.3) is 5.91 Å². The number of hydrogen-bond acceptors (Lipinski definition) is 5. The topological polar surface area (TPSA) is 110 Å². The Kier molecular flexibility index (Phi) is 6.33. The fraction of sp³-hybridized carbons (Fsp3) is 0.304. The lowest BCUT2D eigenvalue weighted by molar-refractivity contribution is 0.0943. The van der Waals surface area contributed by atoms with E-state index >= 15 is 0 Å². The van der Waals surface area contributed by atoms with E-state index in [1.54, 1.807) is 19.1 Å². The highest BCUT2D eigenvalue weighted by molar-refractivity contribution is 7.89. The smallest absolute Gasteiger partial charge is 0.253 e. The molecular weight excluding hydrogens is 445 g/mol. The van der Waals surface area contributed by atoms with Crippen molar-refractivity contribution in [1.82, 2.24) is 20.0 Å². The maximum atomic E-state index is 13.5. The average Bonchev–Trinajstić information content (AvgIpc) is 3.36. The van der Waals surface area contributed by atoms with Crippen molar-refractivity contribution in [1.29, 1.82) is 0 Å². The largest absolute Gasteiger partial charge is 0.350 e. The van der Waals surface area contributed by atoms with E-state index in [1.165, 1.54) is 28.9 Å². The highest BCUT2D eigenvalue weighted by Gasteiger charge is 2.26. The molecule has 0 bridgehead atoms. The lowest BCUT2D eigenvalue weighted by Gasteiger charge is -2.23. The highest BCUT2D eigenvalue weighted by Crippen LogP contribution is 2.29. The summed E-state index contributed by atoms with van der Waals surface area (Å²) in [5.74, 6) is -0.832. The second-order valence-electron chi connectivity index (χ2n) is 8.18. The summed E-state index contributed by atoms with van der Waals surface area (Å²) in [5.41, 5.74) is 1.62. The molecule has 0 aliphatic carbocycles. The monoisotopic (exact) mass is 471 g/mol. The Labute approximate surface area is 191 Å². The van der Waals surface area contributed by atoms with E-state index in [2.05, 4.69) is 21.9 Å². The van der Waals surface area contributed by atoms with Gasteiger partial charge >= 0.3 is 0 Å². The Bertz CT molecular complexity index is 1320. The van der Waals surface area contributed by atoms with Gasteiger partial charge in [0.2, 0.25) is 10.0 Å². The molecule has 8 nitrogen and oxygen atoms in total. The van der Waals surface area contributed by atoms with Crippen molar-refractivity contribution < 1.29 is 17.6 Å². The van der Waals surface area contributed by atoms with Gasteiger partial charge in [-0.3, -0.25) is 9.69 Å². The molecule has 0 spiro atoms. The first-order valence-electron chi connectivity index (χ1n) is 10.6. The number of sulfonamides is 1. The molecule has 174 valence electrons. The SMILES string of the molecule is C=CCN1CCCC1CNC(=O)c1cc(S(N)(=O)=O)cc2c(C)nn(-c3ccc(F)cc3)c12. The Hall–Kier alpha value is -3.08. The van der Waals surface area contributed by atoms with Gasteiger partial charge in [-0.05, 0) is 62.7 Å². The number of carbonyl (C=O) groups is 1. The van der Waals surface area contributed by atoms with Crippen molar-refractivity contribution in [3.05, 3.63) is 66.1 Å². The van der Waals surface area contributed by atoms with Gasteiger partial charge in [0.15, 0.2) is 0 Å². The summed E-state index contributed by atoms with van der Waals surface area (Å²) in [5, 5.41) is 13.3. The first-order valence-corrected chi connectivity index (χ1v) is 12.2. The molecule has 0 saturated carbocycles. The number of likely N-dealkylation sites (tertiary alicyclic amines) is 1. The third-order valence-electron chi connectivity index (χ3n) is 5.94. The zero-order valence-electron chi connectivity index (χ0n) is 18.3. The molecule has 0 radical (unpaired) electrons. The van der Waals surface area contributed by atoms with Crippen molar-refractivity contribution in [2.75, 3.05) is 19.6 Å². The Morgan fingerprint density at radius 2 is 2.06 bits per heavy atom. The molecule has 1 unspecified atom stereocenters. The van der Waals surface area contributed by atoms with Gasteiger partial charge in [-0.1, -0.05) is 6.08 Å². The summed E-state index contributed by atoms with van der Waals surface area (Å²) >= 11 is 0. The van der Waals surface area contributed by atoms with E-state index in [-0.39, 0.29) is 16.5 Å². The van der Waals surface area contributed by atoms with E-state index in [0.29, 0.717) is 28.8 Å². The van der Waals surface area contributed by atoms with Crippen LogP contribution in [0.3, 0.4) is 0 Å². The summed E-state index contributed by atoms with van der Waals surface area (Å²) < 4.78 is 39.2. The molecule has 1 aromatic heterocycles. The molecule has 1 amide bonds. The van der Waals surface area contributed by atoms with E-state index in [1.807, 2.05) is 6.08 Å². The number of nitrogens with one attached hydrogen (secondary N) is 1. The summed E-state index contributed by atoms with van der Waals surface area (Å²) in [6, 6.07) is 8.53. The molecule has 1 saturated heterocycles. The van der Waals surface area contributed by atoms with Crippen LogP contribution in [0.5, 0.6) is 0 Å². The van der Waals surface area contributed by atoms with Crippen LogP contribution in [0.2, 0.25) is 0 Å². The second-order valence-corrected chi connectivity index (χ2v) is 9.74. The number of nitrogens with zero attached hydrogens (tertiary/aromatic N) is 3. The van der Waals surface area contributed by atoms with Crippen molar-refractivity contribution >= 4 is 26.8 Å². The van der Waals surface area contributed by atoms with Gasteiger partial charge in [0.05, 0.1) is 27.4 Å². The summed E-state index contributed by atoms with van der Waals surface area (Å²) in [7, 11) is -4.06. The lowest BCUT2D eigenvalue weighted by Crippen LogP contribution is -2.40. The maximum absolute atomic E-state index is 13.5. The van der Waals surface area contributed by atoms with Gasteiger partial charge in [0, 0.05) is 24.5 Å². The zero-order valence-corrected chi connectivity index (χ0v) is 19.1. The van der Waals surface area contributed by atoms with Gasteiger partial charge < -0.3 is 5.32 Å². The first kappa shape index (κ1) is 23.1. The van der Waals surface area contributed by atoms with Crippen LogP contribution < -0.4 is 10.5 Å². The number of amides is 1. The fourth-order valence-electron chi connectivity index (χ4n) is 4.31. The molecule has 10 heteroatoms. The minimum Gasteiger partial charge on any atom is -0.350 e. The fourth-order valence-corrected chi connectivity index (χ4v) is 4.87. The maximum Gasteiger partial charge on any atom is 0.253 e. The normalized spacial score (nSPS) is 16.9. The van der Waals surface area contributed by atoms with Crippen LogP contribution in [-0.4, -0.2) is 54.7 Å². The van der Waals surface area contributed by atoms with E-state index in [0.717, 1.165) is 25.9 Å². The van der Waals surface area contributed by atoms with Gasteiger partial charge in [0.1, 0.15) is 5.82 Å². The number of halogens is 1. The third kappa shape index (κ3) is 4.68. The lowest BCUT2D eigenvalue weighted by atomic mass is 10.1. The van der Waals surface area contributed by atoms with Crippen LogP contribution in [0.1, 0.15) is 28.9 Å². The molecule has 1 aliphatic rings. The number of rotatable bonds is 7. The van der Waals surface area contributed by atoms with Crippen molar-refractivity contribution in [2.24, 2.45) is 5.14 Å². The summed E-state index contributed by atoms with van der Waals surface area (Å²) in [6.45, 7) is 7.59. The predicted octanol–water partition coefficient (Wildman–Crippen LogP) is 2.50. The molecule has 2 aromatic carbocycles. The number of fused-ring (bicyclic) bond motifs is 1. The minimum atomic E-state index is -4.06. The molecular formula is C23H26FN5O3S. The molecule has 1 fully saturated rings. The number of hydrogen-bond donors (Lipinski definition) is 2. The van der Waals surface area contributed by atoms with E-state index in [9.17, 15) is 17.6 Å². The van der Waals surface area contributed by atoms with Crippen LogP contribution in [0, 0.1) is 12.7 Å². The number of aromatic nitrogens is 2. The number of aryl methyl sites for hydroxylation is 1. The summed E-state index contributed by atoms with van der Waals surface area (Å²) in [4.78, 5) is 15.4. The van der Waals surface area contributed by atoms with Gasteiger partial charge in [-0.15, -0.1) is 6.58 Å². The quantitative estimate of drug-likeness (QED) is 0.515. The van der Waals surface area contributed by atoms with E-state index < -0.39 is 21.7 Å². The number of primary sulfonamides is 1. The van der Waals surface area contributed by atoms with Crippen LogP contribution >= 0.6 is 0 Å². The molecule has 3 N–H and O–H groups in total. The Morgan fingerprint density at radius 1 is 1.33 bits per heavy atom. The van der Waals surface area contributed by atoms with Crippen molar-refractivity contribution in [3.63, 3.8) is 0 Å². The number of carbonyl (C=O) groups excluding carboxylic acids is 1.